The molecular formula is C15H11ClF3NO. The standard InChI is InChI=1S/C15H11ClF3NO/c1-20(8-9-2-4-11(17)7-14(9)19)15(21)12-6-10(16)3-5-13(12)18/h2-7H,8H2,1H3. The molecule has 0 unspecified atom stereocenters. The molecule has 0 aliphatic carbocycles. The van der Waals surface area contributed by atoms with Crippen LogP contribution in [0.25, 0.3) is 0 Å². The molecule has 110 valence electrons. The molecule has 21 heavy (non-hydrogen) atoms. The second-order valence-electron chi connectivity index (χ2n) is 4.52. The van der Waals surface area contributed by atoms with Crippen molar-refractivity contribution in [1.29, 1.82) is 0 Å². The Hall–Kier alpha value is -2.01. The van der Waals surface area contributed by atoms with Gasteiger partial charge < -0.3 is 4.90 Å². The van der Waals surface area contributed by atoms with Crippen LogP contribution in [-0.4, -0.2) is 17.9 Å². The Labute approximate surface area is 124 Å². The maximum atomic E-state index is 13.6. The molecule has 2 aromatic carbocycles. The second-order valence-corrected chi connectivity index (χ2v) is 4.96. The summed E-state index contributed by atoms with van der Waals surface area (Å²) in [5, 5.41) is 0.223. The Morgan fingerprint density at radius 3 is 2.48 bits per heavy atom. The van der Waals surface area contributed by atoms with E-state index in [0.717, 1.165) is 23.1 Å². The smallest absolute Gasteiger partial charge is 0.256 e. The molecular weight excluding hydrogens is 303 g/mol. The van der Waals surface area contributed by atoms with Crippen LogP contribution in [0.5, 0.6) is 0 Å². The van der Waals surface area contributed by atoms with Crippen LogP contribution in [0.2, 0.25) is 5.02 Å². The predicted molar refractivity (Wildman–Crippen MR) is 73.6 cm³/mol. The van der Waals surface area contributed by atoms with Gasteiger partial charge in [0.2, 0.25) is 0 Å². The summed E-state index contributed by atoms with van der Waals surface area (Å²) < 4.78 is 40.0. The third-order valence-corrected chi connectivity index (χ3v) is 3.16. The number of benzene rings is 2. The molecule has 0 atom stereocenters. The minimum atomic E-state index is -0.763. The molecule has 0 aliphatic heterocycles. The lowest BCUT2D eigenvalue weighted by Gasteiger charge is -2.18. The van der Waals surface area contributed by atoms with Crippen LogP contribution in [0.1, 0.15) is 15.9 Å². The third kappa shape index (κ3) is 3.55. The van der Waals surface area contributed by atoms with Crippen molar-refractivity contribution in [2.75, 3.05) is 7.05 Å². The first-order valence-electron chi connectivity index (χ1n) is 6.03. The van der Waals surface area contributed by atoms with Gasteiger partial charge in [-0.1, -0.05) is 17.7 Å². The zero-order valence-electron chi connectivity index (χ0n) is 11.0. The van der Waals surface area contributed by atoms with Crippen LogP contribution in [0.3, 0.4) is 0 Å². The monoisotopic (exact) mass is 313 g/mol. The fraction of sp³-hybridized carbons (Fsp3) is 0.133. The molecule has 0 bridgehead atoms. The van der Waals surface area contributed by atoms with Gasteiger partial charge in [0.1, 0.15) is 17.5 Å². The molecule has 0 spiro atoms. The normalized spacial score (nSPS) is 10.5. The molecule has 0 N–H and O–H groups in total. The largest absolute Gasteiger partial charge is 0.337 e. The van der Waals surface area contributed by atoms with Crippen LogP contribution < -0.4 is 0 Å². The zero-order chi connectivity index (χ0) is 15.6. The highest BCUT2D eigenvalue weighted by atomic mass is 35.5. The minimum Gasteiger partial charge on any atom is -0.337 e. The summed E-state index contributed by atoms with van der Waals surface area (Å²) in [6.45, 7) is -0.114. The lowest BCUT2D eigenvalue weighted by Crippen LogP contribution is -2.27. The van der Waals surface area contributed by atoms with Gasteiger partial charge >= 0.3 is 0 Å². The molecule has 2 aromatic rings. The van der Waals surface area contributed by atoms with E-state index in [1.54, 1.807) is 0 Å². The van der Waals surface area contributed by atoms with E-state index in [1.165, 1.54) is 25.2 Å². The Morgan fingerprint density at radius 1 is 1.10 bits per heavy atom. The van der Waals surface area contributed by atoms with Gasteiger partial charge in [0.05, 0.1) is 5.56 Å². The molecule has 0 fully saturated rings. The number of carbonyl (C=O) groups excluding carboxylic acids is 1. The number of rotatable bonds is 3. The van der Waals surface area contributed by atoms with Gasteiger partial charge in [0.15, 0.2) is 0 Å². The summed E-state index contributed by atoms with van der Waals surface area (Å²) in [5.41, 5.74) is -0.0674. The summed E-state index contributed by atoms with van der Waals surface area (Å²) in [6, 6.07) is 6.68. The van der Waals surface area contributed by atoms with Gasteiger partial charge in [-0.3, -0.25) is 4.79 Å². The van der Waals surface area contributed by atoms with Crippen LogP contribution in [0.4, 0.5) is 13.2 Å². The van der Waals surface area contributed by atoms with Crippen LogP contribution in [0.15, 0.2) is 36.4 Å². The van der Waals surface area contributed by atoms with Gasteiger partial charge in [-0.25, -0.2) is 13.2 Å². The van der Waals surface area contributed by atoms with E-state index >= 15 is 0 Å². The molecule has 0 saturated heterocycles. The lowest BCUT2D eigenvalue weighted by atomic mass is 10.1. The van der Waals surface area contributed by atoms with Crippen molar-refractivity contribution in [1.82, 2.24) is 4.90 Å². The fourth-order valence-electron chi connectivity index (χ4n) is 1.84. The summed E-state index contributed by atoms with van der Waals surface area (Å²) >= 11 is 5.73. The molecule has 0 saturated carbocycles. The Balaban J connectivity index is 2.21. The van der Waals surface area contributed by atoms with Crippen molar-refractivity contribution >= 4 is 17.5 Å². The van der Waals surface area contributed by atoms with Crippen molar-refractivity contribution < 1.29 is 18.0 Å². The number of hydrogen-bond acceptors (Lipinski definition) is 1. The zero-order valence-corrected chi connectivity index (χ0v) is 11.8. The molecule has 6 heteroatoms. The SMILES string of the molecule is CN(Cc1ccc(F)cc1F)C(=O)c1cc(Cl)ccc1F. The van der Waals surface area contributed by atoms with Crippen molar-refractivity contribution in [2.45, 2.75) is 6.54 Å². The summed E-state index contributed by atoms with van der Waals surface area (Å²) in [5.74, 6) is -2.82. The molecule has 1 amide bonds. The van der Waals surface area contributed by atoms with Crippen molar-refractivity contribution in [3.8, 4) is 0 Å². The van der Waals surface area contributed by atoms with Crippen LogP contribution in [-0.2, 0) is 6.54 Å². The summed E-state index contributed by atoms with van der Waals surface area (Å²) in [4.78, 5) is 13.3. The third-order valence-electron chi connectivity index (χ3n) is 2.93. The summed E-state index contributed by atoms with van der Waals surface area (Å²) in [6.07, 6.45) is 0. The van der Waals surface area contributed by atoms with E-state index in [4.69, 9.17) is 11.6 Å². The number of nitrogens with zero attached hydrogens (tertiary/aromatic N) is 1. The maximum Gasteiger partial charge on any atom is 0.256 e. The van der Waals surface area contributed by atoms with E-state index in [0.29, 0.717) is 0 Å². The number of carbonyl (C=O) groups is 1. The lowest BCUT2D eigenvalue weighted by molar-refractivity contribution is 0.0779. The minimum absolute atomic E-state index is 0.114. The molecule has 0 aromatic heterocycles. The van der Waals surface area contributed by atoms with Crippen LogP contribution >= 0.6 is 11.6 Å². The first-order chi connectivity index (χ1) is 9.88. The fourth-order valence-corrected chi connectivity index (χ4v) is 2.02. The van der Waals surface area contributed by atoms with E-state index in [9.17, 15) is 18.0 Å². The second kappa shape index (κ2) is 6.18. The predicted octanol–water partition coefficient (Wildman–Crippen LogP) is 4.03. The first-order valence-corrected chi connectivity index (χ1v) is 6.40. The van der Waals surface area contributed by atoms with Crippen LogP contribution in [0, 0.1) is 17.5 Å². The Morgan fingerprint density at radius 2 is 1.81 bits per heavy atom. The molecule has 2 nitrogen and oxygen atoms in total. The van der Waals surface area contributed by atoms with Gasteiger partial charge in [0.25, 0.3) is 5.91 Å². The van der Waals surface area contributed by atoms with Crippen molar-refractivity contribution in [2.24, 2.45) is 0 Å². The number of halogens is 4. The van der Waals surface area contributed by atoms with E-state index < -0.39 is 23.4 Å². The van der Waals surface area contributed by atoms with E-state index in [-0.39, 0.29) is 22.7 Å². The van der Waals surface area contributed by atoms with Crippen molar-refractivity contribution in [3.63, 3.8) is 0 Å². The first kappa shape index (κ1) is 15.4. The average Bonchev–Trinajstić information content (AvgIpc) is 2.43. The highest BCUT2D eigenvalue weighted by molar-refractivity contribution is 6.30. The van der Waals surface area contributed by atoms with Crippen molar-refractivity contribution in [3.05, 3.63) is 70.0 Å². The number of amides is 1. The van der Waals surface area contributed by atoms with Gasteiger partial charge in [-0.05, 0) is 24.3 Å². The van der Waals surface area contributed by atoms with Gasteiger partial charge in [0, 0.05) is 30.2 Å². The highest BCUT2D eigenvalue weighted by Gasteiger charge is 2.18. The molecule has 0 aliphatic rings. The molecule has 2 rings (SSSR count). The average molecular weight is 314 g/mol. The molecule has 0 radical (unpaired) electrons. The Kier molecular flexibility index (Phi) is 4.53. The topological polar surface area (TPSA) is 20.3 Å². The van der Waals surface area contributed by atoms with E-state index in [1.807, 2.05) is 0 Å². The van der Waals surface area contributed by atoms with Gasteiger partial charge in [-0.15, -0.1) is 0 Å². The summed E-state index contributed by atoms with van der Waals surface area (Å²) in [7, 11) is 1.39. The quantitative estimate of drug-likeness (QED) is 0.838. The van der Waals surface area contributed by atoms with Gasteiger partial charge in [-0.2, -0.15) is 0 Å². The Bertz CT molecular complexity index is 691. The highest BCUT2D eigenvalue weighted by Crippen LogP contribution is 2.18. The van der Waals surface area contributed by atoms with E-state index in [2.05, 4.69) is 0 Å². The maximum absolute atomic E-state index is 13.6. The number of hydrogen-bond donors (Lipinski definition) is 0. The molecule has 0 heterocycles.